The van der Waals surface area contributed by atoms with Gasteiger partial charge in [0, 0.05) is 10.9 Å². The number of nitrogens with one attached hydrogen (secondary N) is 1. The Kier molecular flexibility index (Phi) is 6.90. The summed E-state index contributed by atoms with van der Waals surface area (Å²) in [4.78, 5) is 24.5. The topological polar surface area (TPSA) is 116 Å². The molecular formula is C20H15ClF3N3O3S2. The Morgan fingerprint density at radius 1 is 1.31 bits per heavy atom. The van der Waals surface area contributed by atoms with E-state index in [-0.39, 0.29) is 21.0 Å². The second-order valence-corrected chi connectivity index (χ2v) is 9.16. The van der Waals surface area contributed by atoms with E-state index in [4.69, 9.17) is 17.3 Å². The lowest BCUT2D eigenvalue weighted by Crippen LogP contribution is -2.66. The summed E-state index contributed by atoms with van der Waals surface area (Å²) in [6.45, 7) is 0. The van der Waals surface area contributed by atoms with Gasteiger partial charge in [0.15, 0.2) is 5.78 Å². The Balaban J connectivity index is 2.33. The number of Topliss-reactive ketones (excluding diaryl/α,β-unsaturated/α-hetero) is 1. The number of thioether (sulfide) groups is 1. The van der Waals surface area contributed by atoms with E-state index in [2.05, 4.69) is 0 Å². The van der Waals surface area contributed by atoms with Crippen molar-refractivity contribution in [3.63, 3.8) is 0 Å². The number of rotatable bonds is 6. The van der Waals surface area contributed by atoms with Gasteiger partial charge in [0.1, 0.15) is 0 Å². The van der Waals surface area contributed by atoms with Crippen molar-refractivity contribution in [1.82, 2.24) is 5.32 Å². The quantitative estimate of drug-likeness (QED) is 0.518. The number of hydrogen-bond donors (Lipinski definition) is 3. The molecule has 3 atom stereocenters. The van der Waals surface area contributed by atoms with Crippen molar-refractivity contribution < 1.29 is 27.9 Å². The van der Waals surface area contributed by atoms with E-state index >= 15 is 0 Å². The molecular weight excluding hydrogens is 487 g/mol. The molecule has 1 aliphatic rings. The standard InChI is InChI=1S/C20H15ClF3N3O3S2/c21-12-5-2-1-4-10(12)15-11(8-25)18(32-9-14(26)28)27-19(30,20(22,23)24)16(15)17(29)13-6-3-7-31-13/h1-7,15-16,27,30H,9H2,(H2,26,28)/t15-,16-,19+/m0/s1. The smallest absolute Gasteiger partial charge is 0.369 e. The number of aliphatic hydroxyl groups is 1. The van der Waals surface area contributed by atoms with Crippen molar-refractivity contribution in [3.05, 3.63) is 67.8 Å². The largest absolute Gasteiger partial charge is 0.437 e. The number of nitrogens with two attached hydrogens (primary N) is 1. The highest BCUT2D eigenvalue weighted by atomic mass is 35.5. The highest BCUT2D eigenvalue weighted by Gasteiger charge is 2.66. The molecule has 0 saturated heterocycles. The van der Waals surface area contributed by atoms with Crippen LogP contribution in [0.15, 0.2) is 52.4 Å². The molecule has 12 heteroatoms. The Labute approximate surface area is 193 Å². The number of alkyl halides is 3. The van der Waals surface area contributed by atoms with Crippen LogP contribution in [0.25, 0.3) is 0 Å². The zero-order valence-electron chi connectivity index (χ0n) is 16.0. The van der Waals surface area contributed by atoms with Crippen molar-refractivity contribution in [2.45, 2.75) is 17.8 Å². The normalized spacial score (nSPS) is 23.4. The third kappa shape index (κ3) is 4.36. The molecule has 0 saturated carbocycles. The van der Waals surface area contributed by atoms with Crippen molar-refractivity contribution >= 4 is 46.4 Å². The molecule has 2 heterocycles. The number of amides is 1. The van der Waals surface area contributed by atoms with Crippen LogP contribution in [-0.4, -0.2) is 34.5 Å². The fraction of sp³-hybridized carbons (Fsp3) is 0.250. The van der Waals surface area contributed by atoms with Gasteiger partial charge in [-0.2, -0.15) is 18.4 Å². The van der Waals surface area contributed by atoms with Crippen molar-refractivity contribution in [2.24, 2.45) is 11.7 Å². The molecule has 3 rings (SSSR count). The van der Waals surface area contributed by atoms with Crippen molar-refractivity contribution in [3.8, 4) is 6.07 Å². The molecule has 0 radical (unpaired) electrons. The molecule has 2 aromatic rings. The van der Waals surface area contributed by atoms with Crippen LogP contribution in [-0.2, 0) is 4.79 Å². The van der Waals surface area contributed by atoms with Gasteiger partial charge >= 0.3 is 6.18 Å². The van der Waals surface area contributed by atoms with Gasteiger partial charge in [-0.25, -0.2) is 0 Å². The van der Waals surface area contributed by atoms with Crippen LogP contribution in [0.3, 0.4) is 0 Å². The highest BCUT2D eigenvalue weighted by molar-refractivity contribution is 8.03. The number of nitriles is 1. The first-order valence-corrected chi connectivity index (χ1v) is 11.2. The van der Waals surface area contributed by atoms with Crippen LogP contribution in [0, 0.1) is 17.2 Å². The first-order valence-electron chi connectivity index (χ1n) is 8.96. The van der Waals surface area contributed by atoms with Gasteiger partial charge in [0.05, 0.1) is 33.2 Å². The zero-order valence-corrected chi connectivity index (χ0v) is 18.4. The van der Waals surface area contributed by atoms with Gasteiger partial charge in [0.25, 0.3) is 0 Å². The summed E-state index contributed by atoms with van der Waals surface area (Å²) in [6.07, 6.45) is -5.33. The SMILES string of the molecule is N#CC1=C(SCC(N)=O)N[C@](O)(C(F)(F)F)[C@H](C(=O)c2cccs2)[C@H]1c1ccccc1Cl. The molecule has 0 spiro atoms. The summed E-state index contributed by atoms with van der Waals surface area (Å²) >= 11 is 7.69. The average Bonchev–Trinajstić information content (AvgIpc) is 3.26. The number of carbonyl (C=O) groups excluding carboxylic acids is 2. The summed E-state index contributed by atoms with van der Waals surface area (Å²) in [5, 5.41) is 23.8. The lowest BCUT2D eigenvalue weighted by atomic mass is 9.70. The predicted molar refractivity (Wildman–Crippen MR) is 115 cm³/mol. The first kappa shape index (κ1) is 24.1. The minimum absolute atomic E-state index is 0.0138. The van der Waals surface area contributed by atoms with E-state index < -0.39 is 46.2 Å². The summed E-state index contributed by atoms with van der Waals surface area (Å²) in [7, 11) is 0. The number of allylic oxidation sites excluding steroid dienone is 1. The zero-order chi connectivity index (χ0) is 23.7. The monoisotopic (exact) mass is 501 g/mol. The number of thiophene rings is 1. The molecule has 0 bridgehead atoms. The van der Waals surface area contributed by atoms with Crippen LogP contribution in [0.2, 0.25) is 5.02 Å². The molecule has 0 fully saturated rings. The number of halogens is 4. The van der Waals surface area contributed by atoms with Crippen LogP contribution < -0.4 is 11.1 Å². The number of benzene rings is 1. The summed E-state index contributed by atoms with van der Waals surface area (Å²) in [5.41, 5.74) is 1.14. The number of nitrogens with zero attached hydrogens (tertiary/aromatic N) is 1. The average molecular weight is 502 g/mol. The highest BCUT2D eigenvalue weighted by Crippen LogP contribution is 2.52. The fourth-order valence-electron chi connectivity index (χ4n) is 3.47. The Morgan fingerprint density at radius 3 is 2.53 bits per heavy atom. The Hall–Kier alpha value is -2.52. The molecule has 0 aliphatic carbocycles. The molecule has 4 N–H and O–H groups in total. The molecule has 1 aromatic heterocycles. The molecule has 32 heavy (non-hydrogen) atoms. The Bertz CT molecular complexity index is 1120. The Morgan fingerprint density at radius 2 is 2.00 bits per heavy atom. The van der Waals surface area contributed by atoms with Crippen LogP contribution in [0.1, 0.15) is 21.2 Å². The van der Waals surface area contributed by atoms with Gasteiger partial charge in [0.2, 0.25) is 11.6 Å². The van der Waals surface area contributed by atoms with E-state index in [1.807, 2.05) is 11.4 Å². The number of carbonyl (C=O) groups is 2. The van der Waals surface area contributed by atoms with Gasteiger partial charge in [-0.1, -0.05) is 47.6 Å². The molecule has 168 valence electrons. The molecule has 1 aromatic carbocycles. The fourth-order valence-corrected chi connectivity index (χ4v) is 5.27. The molecule has 1 aliphatic heterocycles. The third-order valence-electron chi connectivity index (χ3n) is 4.84. The second kappa shape index (κ2) is 9.15. The predicted octanol–water partition coefficient (Wildman–Crippen LogP) is 3.79. The lowest BCUT2D eigenvalue weighted by Gasteiger charge is -2.45. The number of hydrogen-bond acceptors (Lipinski definition) is 7. The van der Waals surface area contributed by atoms with Crippen LogP contribution in [0.4, 0.5) is 13.2 Å². The van der Waals surface area contributed by atoms with Crippen LogP contribution >= 0.6 is 34.7 Å². The second-order valence-electron chi connectivity index (χ2n) is 6.82. The van der Waals surface area contributed by atoms with Gasteiger partial charge in [-0.05, 0) is 23.1 Å². The summed E-state index contributed by atoms with van der Waals surface area (Å²) in [6, 6.07) is 10.5. The summed E-state index contributed by atoms with van der Waals surface area (Å²) < 4.78 is 42.8. The summed E-state index contributed by atoms with van der Waals surface area (Å²) in [5.74, 6) is -6.03. The van der Waals surface area contributed by atoms with E-state index in [1.165, 1.54) is 41.8 Å². The lowest BCUT2D eigenvalue weighted by molar-refractivity contribution is -0.285. The van der Waals surface area contributed by atoms with E-state index in [1.54, 1.807) is 0 Å². The third-order valence-corrected chi connectivity index (χ3v) is 7.11. The van der Waals surface area contributed by atoms with Crippen LogP contribution in [0.5, 0.6) is 0 Å². The maximum absolute atomic E-state index is 14.3. The van der Waals surface area contributed by atoms with E-state index in [9.17, 15) is 33.1 Å². The first-order chi connectivity index (χ1) is 15.0. The van der Waals surface area contributed by atoms with Crippen molar-refractivity contribution in [1.29, 1.82) is 5.26 Å². The number of ketones is 1. The molecule has 6 nitrogen and oxygen atoms in total. The minimum Gasteiger partial charge on any atom is -0.369 e. The maximum Gasteiger partial charge on any atom is 0.437 e. The molecule has 1 amide bonds. The van der Waals surface area contributed by atoms with Gasteiger partial charge in [-0.3, -0.25) is 9.59 Å². The van der Waals surface area contributed by atoms with Crippen molar-refractivity contribution in [2.75, 3.05) is 5.75 Å². The minimum atomic E-state index is -5.33. The van der Waals surface area contributed by atoms with Gasteiger partial charge < -0.3 is 16.2 Å². The van der Waals surface area contributed by atoms with Gasteiger partial charge in [-0.15, -0.1) is 11.3 Å². The number of primary amides is 1. The maximum atomic E-state index is 14.3. The van der Waals surface area contributed by atoms with E-state index in [0.29, 0.717) is 11.8 Å². The van der Waals surface area contributed by atoms with E-state index in [0.717, 1.165) is 11.3 Å². The molecule has 0 unspecified atom stereocenters.